The maximum absolute atomic E-state index is 6.02. The van der Waals surface area contributed by atoms with Crippen molar-refractivity contribution in [3.8, 4) is 0 Å². The standard InChI is InChI=1S/C13H20ClN5S/c14-11-16-12(15-9-10-5-1-4-8-20-10)18-13(17-11)19-6-2-3-7-19/h10H,1-9H2,(H,15,16,17,18). The molecule has 0 aliphatic carbocycles. The van der Waals surface area contributed by atoms with E-state index in [9.17, 15) is 0 Å². The van der Waals surface area contributed by atoms with Crippen LogP contribution in [0.1, 0.15) is 32.1 Å². The summed E-state index contributed by atoms with van der Waals surface area (Å²) in [6.07, 6.45) is 6.35. The molecule has 2 aliphatic heterocycles. The minimum absolute atomic E-state index is 0.278. The van der Waals surface area contributed by atoms with Crippen molar-refractivity contribution in [3.63, 3.8) is 0 Å². The number of anilines is 2. The molecule has 1 unspecified atom stereocenters. The average molecular weight is 314 g/mol. The normalized spacial score (nSPS) is 23.1. The third kappa shape index (κ3) is 3.67. The Kier molecular flexibility index (Phi) is 4.83. The van der Waals surface area contributed by atoms with Crippen LogP contribution in [0.25, 0.3) is 0 Å². The van der Waals surface area contributed by atoms with Gasteiger partial charge in [-0.05, 0) is 43.0 Å². The summed E-state index contributed by atoms with van der Waals surface area (Å²) in [5, 5.41) is 4.26. The Morgan fingerprint density at radius 1 is 1.15 bits per heavy atom. The highest BCUT2D eigenvalue weighted by atomic mass is 35.5. The van der Waals surface area contributed by atoms with Crippen LogP contribution in [0.15, 0.2) is 0 Å². The number of halogens is 1. The van der Waals surface area contributed by atoms with Gasteiger partial charge in [0.05, 0.1) is 0 Å². The third-order valence-electron chi connectivity index (χ3n) is 3.75. The molecule has 20 heavy (non-hydrogen) atoms. The van der Waals surface area contributed by atoms with Crippen LogP contribution >= 0.6 is 23.4 Å². The number of hydrogen-bond donors (Lipinski definition) is 1. The molecule has 2 saturated heterocycles. The summed E-state index contributed by atoms with van der Waals surface area (Å²) in [6.45, 7) is 2.93. The van der Waals surface area contributed by atoms with Gasteiger partial charge in [0.15, 0.2) is 0 Å². The van der Waals surface area contributed by atoms with Gasteiger partial charge in [-0.1, -0.05) is 6.42 Å². The summed E-state index contributed by atoms with van der Waals surface area (Å²) in [5.41, 5.74) is 0. The van der Waals surface area contributed by atoms with Crippen molar-refractivity contribution in [2.24, 2.45) is 0 Å². The molecule has 0 bridgehead atoms. The SMILES string of the molecule is Clc1nc(NCC2CCCCS2)nc(N2CCCC2)n1. The van der Waals surface area contributed by atoms with Gasteiger partial charge in [0, 0.05) is 24.9 Å². The molecule has 1 atom stereocenters. The molecule has 0 aromatic carbocycles. The van der Waals surface area contributed by atoms with E-state index < -0.39 is 0 Å². The Hall–Kier alpha value is -0.750. The Morgan fingerprint density at radius 2 is 2.00 bits per heavy atom. The van der Waals surface area contributed by atoms with Gasteiger partial charge in [-0.25, -0.2) is 0 Å². The number of nitrogens with one attached hydrogen (secondary N) is 1. The van der Waals surface area contributed by atoms with Gasteiger partial charge in [0.2, 0.25) is 17.2 Å². The summed E-state index contributed by atoms with van der Waals surface area (Å²) in [6, 6.07) is 0. The van der Waals surface area contributed by atoms with Crippen molar-refractivity contribution in [1.29, 1.82) is 0 Å². The van der Waals surface area contributed by atoms with Crippen LogP contribution < -0.4 is 10.2 Å². The van der Waals surface area contributed by atoms with Gasteiger partial charge in [0.1, 0.15) is 0 Å². The average Bonchev–Trinajstić information content (AvgIpc) is 3.00. The van der Waals surface area contributed by atoms with E-state index in [1.165, 1.54) is 37.9 Å². The quantitative estimate of drug-likeness (QED) is 0.922. The molecule has 0 saturated carbocycles. The van der Waals surface area contributed by atoms with E-state index in [0.29, 0.717) is 17.1 Å². The molecule has 0 radical (unpaired) electrons. The smallest absolute Gasteiger partial charge is 0.231 e. The van der Waals surface area contributed by atoms with Crippen molar-refractivity contribution < 1.29 is 0 Å². The van der Waals surface area contributed by atoms with Gasteiger partial charge >= 0.3 is 0 Å². The van der Waals surface area contributed by atoms with Crippen LogP contribution in [0.2, 0.25) is 5.28 Å². The lowest BCUT2D eigenvalue weighted by Gasteiger charge is -2.21. The van der Waals surface area contributed by atoms with Crippen molar-refractivity contribution >= 4 is 35.3 Å². The van der Waals surface area contributed by atoms with Crippen LogP contribution in [-0.2, 0) is 0 Å². The zero-order valence-corrected chi connectivity index (χ0v) is 13.1. The molecule has 0 spiro atoms. The monoisotopic (exact) mass is 313 g/mol. The third-order valence-corrected chi connectivity index (χ3v) is 5.31. The molecule has 2 aliphatic rings. The molecule has 110 valence electrons. The van der Waals surface area contributed by atoms with Crippen LogP contribution in [-0.4, -0.2) is 45.6 Å². The van der Waals surface area contributed by atoms with E-state index in [4.69, 9.17) is 11.6 Å². The highest BCUT2D eigenvalue weighted by molar-refractivity contribution is 7.99. The van der Waals surface area contributed by atoms with E-state index in [2.05, 4.69) is 25.2 Å². The first-order valence-electron chi connectivity index (χ1n) is 7.33. The van der Waals surface area contributed by atoms with Gasteiger partial charge in [0.25, 0.3) is 0 Å². The molecule has 1 N–H and O–H groups in total. The number of thioether (sulfide) groups is 1. The molecule has 7 heteroatoms. The van der Waals surface area contributed by atoms with Crippen molar-refractivity contribution in [2.75, 3.05) is 35.6 Å². The first kappa shape index (κ1) is 14.2. The van der Waals surface area contributed by atoms with Gasteiger partial charge in [-0.15, -0.1) is 0 Å². The van der Waals surface area contributed by atoms with Crippen LogP contribution in [0.3, 0.4) is 0 Å². The van der Waals surface area contributed by atoms with E-state index in [-0.39, 0.29) is 5.28 Å². The van der Waals surface area contributed by atoms with E-state index in [0.717, 1.165) is 19.6 Å². The highest BCUT2D eigenvalue weighted by Crippen LogP contribution is 2.25. The predicted octanol–water partition coefficient (Wildman–Crippen LogP) is 2.82. The fourth-order valence-corrected chi connectivity index (χ4v) is 4.05. The Bertz CT molecular complexity index is 446. The minimum Gasteiger partial charge on any atom is -0.353 e. The van der Waals surface area contributed by atoms with Gasteiger partial charge < -0.3 is 10.2 Å². The second kappa shape index (κ2) is 6.80. The fraction of sp³-hybridized carbons (Fsp3) is 0.769. The van der Waals surface area contributed by atoms with Gasteiger partial charge in [-0.2, -0.15) is 26.7 Å². The lowest BCUT2D eigenvalue weighted by Crippen LogP contribution is -2.24. The maximum Gasteiger partial charge on any atom is 0.231 e. The molecule has 1 aromatic rings. The van der Waals surface area contributed by atoms with Crippen LogP contribution in [0.4, 0.5) is 11.9 Å². The predicted molar refractivity (Wildman–Crippen MR) is 84.9 cm³/mol. The number of hydrogen-bond acceptors (Lipinski definition) is 6. The molecule has 3 rings (SSSR count). The molecular weight excluding hydrogens is 294 g/mol. The summed E-state index contributed by atoms with van der Waals surface area (Å²) in [4.78, 5) is 15.1. The summed E-state index contributed by atoms with van der Waals surface area (Å²) in [7, 11) is 0. The zero-order valence-electron chi connectivity index (χ0n) is 11.5. The summed E-state index contributed by atoms with van der Waals surface area (Å²) < 4.78 is 0. The van der Waals surface area contributed by atoms with Crippen LogP contribution in [0.5, 0.6) is 0 Å². The minimum atomic E-state index is 0.278. The molecule has 2 fully saturated rings. The van der Waals surface area contributed by atoms with Crippen molar-refractivity contribution in [3.05, 3.63) is 5.28 Å². The Labute approximate surface area is 128 Å². The Morgan fingerprint density at radius 3 is 2.75 bits per heavy atom. The molecule has 5 nitrogen and oxygen atoms in total. The lowest BCUT2D eigenvalue weighted by molar-refractivity contribution is 0.675. The fourth-order valence-electron chi connectivity index (χ4n) is 2.65. The lowest BCUT2D eigenvalue weighted by atomic mass is 10.2. The second-order valence-electron chi connectivity index (χ2n) is 5.29. The molecule has 0 amide bonds. The van der Waals surface area contributed by atoms with Crippen LogP contribution in [0, 0.1) is 0 Å². The molecule has 1 aromatic heterocycles. The first-order chi connectivity index (χ1) is 9.81. The summed E-state index contributed by atoms with van der Waals surface area (Å²) in [5.74, 6) is 2.59. The van der Waals surface area contributed by atoms with Crippen molar-refractivity contribution in [2.45, 2.75) is 37.4 Å². The van der Waals surface area contributed by atoms with E-state index >= 15 is 0 Å². The topological polar surface area (TPSA) is 53.9 Å². The second-order valence-corrected chi connectivity index (χ2v) is 7.04. The largest absolute Gasteiger partial charge is 0.353 e. The maximum atomic E-state index is 6.02. The summed E-state index contributed by atoms with van der Waals surface area (Å²) >= 11 is 8.05. The van der Waals surface area contributed by atoms with E-state index in [1.807, 2.05) is 11.8 Å². The molecular formula is C13H20ClN5S. The zero-order chi connectivity index (χ0) is 13.8. The van der Waals surface area contributed by atoms with E-state index in [1.54, 1.807) is 0 Å². The number of rotatable bonds is 4. The first-order valence-corrected chi connectivity index (χ1v) is 8.76. The Balaban J connectivity index is 1.63. The number of nitrogens with zero attached hydrogens (tertiary/aromatic N) is 4. The molecule has 3 heterocycles. The van der Waals surface area contributed by atoms with Gasteiger partial charge in [-0.3, -0.25) is 0 Å². The highest BCUT2D eigenvalue weighted by Gasteiger charge is 2.18. The number of aromatic nitrogens is 3. The van der Waals surface area contributed by atoms with Crippen molar-refractivity contribution in [1.82, 2.24) is 15.0 Å².